The SMILES string of the molecule is OC[C@H]1O[C@@H](n2ccc3c(NC4CC4)ncnc32)[C@@H](F)[C@@H]1O. The number of ether oxygens (including phenoxy) is 1. The number of hydrogen-bond acceptors (Lipinski definition) is 6. The molecule has 1 aliphatic heterocycles. The van der Waals surface area contributed by atoms with E-state index in [9.17, 15) is 9.50 Å². The van der Waals surface area contributed by atoms with Gasteiger partial charge in [0.15, 0.2) is 12.4 Å². The lowest BCUT2D eigenvalue weighted by atomic mass is 10.1. The fourth-order valence-corrected chi connectivity index (χ4v) is 2.79. The van der Waals surface area contributed by atoms with E-state index in [1.54, 1.807) is 16.8 Å². The van der Waals surface area contributed by atoms with Crippen LogP contribution in [0, 0.1) is 0 Å². The quantitative estimate of drug-likeness (QED) is 0.766. The normalized spacial score (nSPS) is 31.8. The van der Waals surface area contributed by atoms with Crippen molar-refractivity contribution < 1.29 is 19.3 Å². The third kappa shape index (κ3) is 2.15. The molecule has 0 aromatic carbocycles. The molecule has 2 fully saturated rings. The van der Waals surface area contributed by atoms with E-state index < -0.39 is 31.2 Å². The zero-order valence-corrected chi connectivity index (χ0v) is 11.8. The summed E-state index contributed by atoms with van der Waals surface area (Å²) < 4.78 is 21.2. The van der Waals surface area contributed by atoms with Gasteiger partial charge in [-0.15, -0.1) is 0 Å². The number of aliphatic hydroxyl groups is 2. The number of aliphatic hydroxyl groups excluding tert-OH is 2. The molecule has 2 aromatic heterocycles. The van der Waals surface area contributed by atoms with Crippen molar-refractivity contribution in [3.63, 3.8) is 0 Å². The van der Waals surface area contributed by atoms with Gasteiger partial charge in [-0.3, -0.25) is 0 Å². The molecule has 7 nitrogen and oxygen atoms in total. The summed E-state index contributed by atoms with van der Waals surface area (Å²) in [6.45, 7) is -0.430. The maximum absolute atomic E-state index is 14.3. The number of alkyl halides is 1. The van der Waals surface area contributed by atoms with Crippen molar-refractivity contribution in [1.29, 1.82) is 0 Å². The van der Waals surface area contributed by atoms with Crippen molar-refractivity contribution in [1.82, 2.24) is 14.5 Å². The van der Waals surface area contributed by atoms with Gasteiger partial charge in [0.05, 0.1) is 12.0 Å². The van der Waals surface area contributed by atoms with Crippen molar-refractivity contribution >= 4 is 16.9 Å². The Morgan fingerprint density at radius 3 is 2.91 bits per heavy atom. The topological polar surface area (TPSA) is 92.4 Å². The van der Waals surface area contributed by atoms with E-state index in [-0.39, 0.29) is 0 Å². The highest BCUT2D eigenvalue weighted by molar-refractivity contribution is 5.87. The van der Waals surface area contributed by atoms with Crippen LogP contribution in [0.25, 0.3) is 11.0 Å². The number of aromatic nitrogens is 3. The van der Waals surface area contributed by atoms with Crippen LogP contribution in [-0.4, -0.2) is 55.8 Å². The summed E-state index contributed by atoms with van der Waals surface area (Å²) in [4.78, 5) is 8.44. The molecule has 4 rings (SSSR count). The van der Waals surface area contributed by atoms with Gasteiger partial charge in [0.2, 0.25) is 0 Å². The first-order valence-electron chi connectivity index (χ1n) is 7.35. The Morgan fingerprint density at radius 2 is 2.23 bits per heavy atom. The Morgan fingerprint density at radius 1 is 1.41 bits per heavy atom. The lowest BCUT2D eigenvalue weighted by Crippen LogP contribution is -2.30. The van der Waals surface area contributed by atoms with E-state index in [0.29, 0.717) is 11.7 Å². The maximum Gasteiger partial charge on any atom is 0.173 e. The third-order valence-electron chi connectivity index (χ3n) is 4.18. The molecule has 1 saturated heterocycles. The Labute approximate surface area is 125 Å². The number of hydrogen-bond donors (Lipinski definition) is 3. The second kappa shape index (κ2) is 5.15. The van der Waals surface area contributed by atoms with Crippen LogP contribution in [0.5, 0.6) is 0 Å². The maximum atomic E-state index is 14.3. The fourth-order valence-electron chi connectivity index (χ4n) is 2.79. The number of rotatable bonds is 4. The first-order chi connectivity index (χ1) is 10.7. The van der Waals surface area contributed by atoms with E-state index in [4.69, 9.17) is 9.84 Å². The second-order valence-electron chi connectivity index (χ2n) is 5.78. The van der Waals surface area contributed by atoms with Crippen LogP contribution in [0.2, 0.25) is 0 Å². The summed E-state index contributed by atoms with van der Waals surface area (Å²) in [6.07, 6.45) is 0.425. The molecule has 3 heterocycles. The lowest BCUT2D eigenvalue weighted by Gasteiger charge is -2.16. The van der Waals surface area contributed by atoms with Gasteiger partial charge in [-0.2, -0.15) is 0 Å². The minimum atomic E-state index is -1.62. The molecule has 0 bridgehead atoms. The van der Waals surface area contributed by atoms with Gasteiger partial charge in [0, 0.05) is 12.2 Å². The van der Waals surface area contributed by atoms with Crippen LogP contribution >= 0.6 is 0 Å². The highest BCUT2D eigenvalue weighted by Crippen LogP contribution is 2.35. The van der Waals surface area contributed by atoms with Crippen molar-refractivity contribution in [2.45, 2.75) is 43.5 Å². The highest BCUT2D eigenvalue weighted by Gasteiger charge is 2.45. The monoisotopic (exact) mass is 308 g/mol. The van der Waals surface area contributed by atoms with E-state index in [1.807, 2.05) is 0 Å². The standard InChI is InChI=1S/C14H17FN4O3/c15-10-11(21)9(5-20)22-14(10)19-4-3-8-12(18-7-1-2-7)16-6-17-13(8)19/h3-4,6-7,9-11,14,20-21H,1-2,5H2,(H,16,17,18)/t9-,10+,11-,14-/m1/s1. The molecule has 3 N–H and O–H groups in total. The Balaban J connectivity index is 1.70. The van der Waals surface area contributed by atoms with Crippen LogP contribution in [0.15, 0.2) is 18.6 Å². The third-order valence-corrected chi connectivity index (χ3v) is 4.18. The van der Waals surface area contributed by atoms with Crippen molar-refractivity contribution in [2.24, 2.45) is 0 Å². The first-order valence-corrected chi connectivity index (χ1v) is 7.35. The largest absolute Gasteiger partial charge is 0.394 e. The molecule has 2 aliphatic rings. The Bertz CT molecular complexity index is 690. The minimum absolute atomic E-state index is 0.430. The predicted octanol–water partition coefficient (Wildman–Crippen LogP) is 0.594. The molecule has 0 radical (unpaired) electrons. The summed E-state index contributed by atoms with van der Waals surface area (Å²) in [7, 11) is 0. The molecular formula is C14H17FN4O3. The van der Waals surface area contributed by atoms with Crippen molar-refractivity contribution in [3.8, 4) is 0 Å². The molecular weight excluding hydrogens is 291 g/mol. The van der Waals surface area contributed by atoms with Gasteiger partial charge in [0.25, 0.3) is 0 Å². The van der Waals surface area contributed by atoms with Gasteiger partial charge >= 0.3 is 0 Å². The molecule has 2 aromatic rings. The zero-order chi connectivity index (χ0) is 15.3. The number of nitrogens with zero attached hydrogens (tertiary/aromatic N) is 3. The molecule has 1 aliphatic carbocycles. The fraction of sp³-hybridized carbons (Fsp3) is 0.571. The number of fused-ring (bicyclic) bond motifs is 1. The highest BCUT2D eigenvalue weighted by atomic mass is 19.1. The summed E-state index contributed by atoms with van der Waals surface area (Å²) in [5.41, 5.74) is 0.539. The second-order valence-corrected chi connectivity index (χ2v) is 5.78. The van der Waals surface area contributed by atoms with E-state index >= 15 is 0 Å². The number of anilines is 1. The molecule has 4 atom stereocenters. The Kier molecular flexibility index (Phi) is 3.24. The minimum Gasteiger partial charge on any atom is -0.394 e. The van der Waals surface area contributed by atoms with E-state index in [2.05, 4.69) is 15.3 Å². The van der Waals surface area contributed by atoms with Gasteiger partial charge in [-0.1, -0.05) is 0 Å². The average Bonchev–Trinajstić information content (AvgIpc) is 3.16. The first kappa shape index (κ1) is 13.9. The van der Waals surface area contributed by atoms with Crippen molar-refractivity contribution in [2.75, 3.05) is 11.9 Å². The van der Waals surface area contributed by atoms with Crippen LogP contribution < -0.4 is 5.32 Å². The van der Waals surface area contributed by atoms with E-state index in [1.165, 1.54) is 6.33 Å². The lowest BCUT2D eigenvalue weighted by molar-refractivity contribution is -0.0457. The van der Waals surface area contributed by atoms with Crippen LogP contribution in [0.4, 0.5) is 10.2 Å². The number of nitrogens with one attached hydrogen (secondary N) is 1. The van der Waals surface area contributed by atoms with Gasteiger partial charge < -0.3 is 24.8 Å². The Hall–Kier alpha value is -1.77. The summed E-state index contributed by atoms with van der Waals surface area (Å²) in [5, 5.41) is 23.0. The molecule has 22 heavy (non-hydrogen) atoms. The number of halogens is 1. The molecule has 0 spiro atoms. The summed E-state index contributed by atoms with van der Waals surface area (Å²) in [5.74, 6) is 0.721. The molecule has 1 saturated carbocycles. The zero-order valence-electron chi connectivity index (χ0n) is 11.8. The molecule has 0 amide bonds. The molecule has 118 valence electrons. The van der Waals surface area contributed by atoms with Gasteiger partial charge in [0.1, 0.15) is 30.0 Å². The van der Waals surface area contributed by atoms with Crippen molar-refractivity contribution in [3.05, 3.63) is 18.6 Å². The summed E-state index contributed by atoms with van der Waals surface area (Å²) in [6, 6.07) is 2.24. The van der Waals surface area contributed by atoms with Crippen LogP contribution in [0.1, 0.15) is 19.1 Å². The smallest absolute Gasteiger partial charge is 0.173 e. The predicted molar refractivity (Wildman–Crippen MR) is 76.1 cm³/mol. The summed E-state index contributed by atoms with van der Waals surface area (Å²) >= 11 is 0. The molecule has 8 heteroatoms. The van der Waals surface area contributed by atoms with Crippen LogP contribution in [0.3, 0.4) is 0 Å². The van der Waals surface area contributed by atoms with Crippen LogP contribution in [-0.2, 0) is 4.74 Å². The van der Waals surface area contributed by atoms with Gasteiger partial charge in [-0.25, -0.2) is 14.4 Å². The molecule has 0 unspecified atom stereocenters. The van der Waals surface area contributed by atoms with Gasteiger partial charge in [-0.05, 0) is 18.9 Å². The van der Waals surface area contributed by atoms with E-state index in [0.717, 1.165) is 24.0 Å². The average molecular weight is 308 g/mol.